The number of carbonyl (C=O) groups excluding carboxylic acids is 2. The molecule has 5 heteroatoms. The lowest BCUT2D eigenvalue weighted by Gasteiger charge is -2.34. The Morgan fingerprint density at radius 1 is 0.864 bits per heavy atom. The second-order valence-corrected chi connectivity index (χ2v) is 8.15. The summed E-state index contributed by atoms with van der Waals surface area (Å²) in [6.07, 6.45) is 8.35. The van der Waals surface area contributed by atoms with Crippen LogP contribution < -0.4 is 5.32 Å². The molecule has 1 N–H and O–H groups in total. The van der Waals surface area contributed by atoms with E-state index in [0.717, 1.165) is 76.0 Å². The quantitative estimate of drug-likeness (QED) is 0.867. The van der Waals surface area contributed by atoms with Gasteiger partial charge in [0.2, 0.25) is 11.8 Å². The van der Waals surface area contributed by atoms with Gasteiger partial charge in [-0.05, 0) is 50.0 Å². The summed E-state index contributed by atoms with van der Waals surface area (Å²) in [6.45, 7) is 1.78. The van der Waals surface area contributed by atoms with Gasteiger partial charge in [0.25, 0.3) is 0 Å². The summed E-state index contributed by atoms with van der Waals surface area (Å²) in [4.78, 5) is 27.5. The zero-order valence-corrected chi connectivity index (χ0v) is 14.2. The topological polar surface area (TPSA) is 49.4 Å². The molecule has 1 saturated carbocycles. The molecule has 2 atom stereocenters. The Kier molecular flexibility index (Phi) is 5.66. The minimum atomic E-state index is -0.0866. The molecule has 3 fully saturated rings. The van der Waals surface area contributed by atoms with Gasteiger partial charge in [-0.2, -0.15) is 11.8 Å². The molecular weight excluding hydrogens is 296 g/mol. The molecule has 3 rings (SSSR count). The Balaban J connectivity index is 1.60. The number of nitrogens with one attached hydrogen (secondary N) is 1. The van der Waals surface area contributed by atoms with Crippen molar-refractivity contribution in [2.24, 2.45) is 11.8 Å². The second kappa shape index (κ2) is 7.71. The van der Waals surface area contributed by atoms with Gasteiger partial charge in [0.1, 0.15) is 0 Å². The van der Waals surface area contributed by atoms with E-state index in [1.54, 1.807) is 0 Å². The summed E-state index contributed by atoms with van der Waals surface area (Å²) < 4.78 is 0. The number of hydrogen-bond donors (Lipinski definition) is 1. The molecule has 0 radical (unpaired) electrons. The Labute approximate surface area is 137 Å². The van der Waals surface area contributed by atoms with Crippen LogP contribution >= 0.6 is 11.8 Å². The van der Waals surface area contributed by atoms with Crippen LogP contribution in [0.15, 0.2) is 0 Å². The van der Waals surface area contributed by atoms with E-state index in [2.05, 4.69) is 5.32 Å². The van der Waals surface area contributed by atoms with Gasteiger partial charge in [-0.15, -0.1) is 0 Å². The summed E-state index contributed by atoms with van der Waals surface area (Å²) in [5, 5.41) is 3.24. The van der Waals surface area contributed by atoms with Crippen molar-refractivity contribution in [3.05, 3.63) is 0 Å². The van der Waals surface area contributed by atoms with Crippen molar-refractivity contribution >= 4 is 23.6 Å². The molecule has 1 aliphatic carbocycles. The lowest BCUT2D eigenvalue weighted by Crippen LogP contribution is -2.47. The molecule has 2 saturated heterocycles. The van der Waals surface area contributed by atoms with E-state index in [9.17, 15) is 9.59 Å². The van der Waals surface area contributed by atoms with Gasteiger partial charge >= 0.3 is 0 Å². The predicted molar refractivity (Wildman–Crippen MR) is 89.8 cm³/mol. The van der Waals surface area contributed by atoms with Crippen LogP contribution in [0.1, 0.15) is 51.4 Å². The first-order valence-corrected chi connectivity index (χ1v) is 10.1. The van der Waals surface area contributed by atoms with Crippen molar-refractivity contribution in [2.75, 3.05) is 24.6 Å². The van der Waals surface area contributed by atoms with Crippen LogP contribution in [-0.2, 0) is 9.59 Å². The number of rotatable bonds is 3. The Morgan fingerprint density at radius 3 is 2.18 bits per heavy atom. The smallest absolute Gasteiger partial charge is 0.226 e. The lowest BCUT2D eigenvalue weighted by molar-refractivity contribution is -0.143. The van der Waals surface area contributed by atoms with Gasteiger partial charge in [0.15, 0.2) is 0 Å². The van der Waals surface area contributed by atoms with Crippen molar-refractivity contribution in [3.8, 4) is 0 Å². The number of nitrogens with zero attached hydrogens (tertiary/aromatic N) is 1. The van der Waals surface area contributed by atoms with E-state index >= 15 is 0 Å². The highest BCUT2D eigenvalue weighted by molar-refractivity contribution is 7.99. The van der Waals surface area contributed by atoms with Crippen molar-refractivity contribution in [2.45, 2.75) is 57.4 Å². The molecule has 0 aromatic carbocycles. The highest BCUT2D eigenvalue weighted by Gasteiger charge is 2.38. The van der Waals surface area contributed by atoms with Gasteiger partial charge in [0, 0.05) is 31.0 Å². The molecule has 0 spiro atoms. The first-order valence-electron chi connectivity index (χ1n) is 8.92. The van der Waals surface area contributed by atoms with Crippen LogP contribution in [-0.4, -0.2) is 47.4 Å². The fourth-order valence-electron chi connectivity index (χ4n) is 4.06. The number of hydrogen-bond acceptors (Lipinski definition) is 3. The van der Waals surface area contributed by atoms with E-state index < -0.39 is 0 Å². The molecule has 124 valence electrons. The maximum absolute atomic E-state index is 12.8. The van der Waals surface area contributed by atoms with Gasteiger partial charge in [-0.25, -0.2) is 0 Å². The van der Waals surface area contributed by atoms with Crippen LogP contribution in [0.3, 0.4) is 0 Å². The number of amides is 2. The number of thioether (sulfide) groups is 1. The third kappa shape index (κ3) is 3.79. The SMILES string of the molecule is O=C(NC1CCSCC1)C1CCCCC1C(=O)N1CCCC1. The molecule has 2 heterocycles. The largest absolute Gasteiger partial charge is 0.353 e. The van der Waals surface area contributed by atoms with Crippen LogP contribution in [0.4, 0.5) is 0 Å². The van der Waals surface area contributed by atoms with Gasteiger partial charge in [-0.1, -0.05) is 12.8 Å². The molecule has 0 aromatic heterocycles. The minimum Gasteiger partial charge on any atom is -0.353 e. The van der Waals surface area contributed by atoms with E-state index in [4.69, 9.17) is 0 Å². The number of carbonyl (C=O) groups is 2. The maximum atomic E-state index is 12.8. The molecule has 2 aliphatic heterocycles. The van der Waals surface area contributed by atoms with Crippen molar-refractivity contribution in [3.63, 3.8) is 0 Å². The third-order valence-electron chi connectivity index (χ3n) is 5.41. The predicted octanol–water partition coefficient (Wildman–Crippen LogP) is 2.43. The zero-order valence-electron chi connectivity index (χ0n) is 13.4. The van der Waals surface area contributed by atoms with Crippen LogP contribution in [0.2, 0.25) is 0 Å². The van der Waals surface area contributed by atoms with E-state index in [1.807, 2.05) is 16.7 Å². The van der Waals surface area contributed by atoms with E-state index in [0.29, 0.717) is 6.04 Å². The molecule has 2 unspecified atom stereocenters. The number of likely N-dealkylation sites (tertiary alicyclic amines) is 1. The molecule has 3 aliphatic rings. The monoisotopic (exact) mass is 324 g/mol. The zero-order chi connectivity index (χ0) is 15.4. The summed E-state index contributed by atoms with van der Waals surface area (Å²) in [5.74, 6) is 2.53. The molecule has 4 nitrogen and oxygen atoms in total. The Morgan fingerprint density at radius 2 is 1.50 bits per heavy atom. The Bertz CT molecular complexity index is 403. The van der Waals surface area contributed by atoms with Crippen molar-refractivity contribution in [1.82, 2.24) is 10.2 Å². The minimum absolute atomic E-state index is 0.0650. The lowest BCUT2D eigenvalue weighted by atomic mass is 9.77. The van der Waals surface area contributed by atoms with Gasteiger partial charge in [-0.3, -0.25) is 9.59 Å². The van der Waals surface area contributed by atoms with Gasteiger partial charge < -0.3 is 10.2 Å². The van der Waals surface area contributed by atoms with Crippen LogP contribution in [0.5, 0.6) is 0 Å². The molecule has 0 aromatic rings. The fourth-order valence-corrected chi connectivity index (χ4v) is 5.17. The maximum Gasteiger partial charge on any atom is 0.226 e. The Hall–Kier alpha value is -0.710. The molecule has 22 heavy (non-hydrogen) atoms. The molecule has 0 bridgehead atoms. The molecule has 2 amide bonds. The summed E-state index contributed by atoms with van der Waals surface area (Å²) in [6, 6.07) is 0.332. The summed E-state index contributed by atoms with van der Waals surface area (Å²) in [7, 11) is 0. The van der Waals surface area contributed by atoms with E-state index in [-0.39, 0.29) is 23.7 Å². The second-order valence-electron chi connectivity index (χ2n) is 6.93. The van der Waals surface area contributed by atoms with Gasteiger partial charge in [0.05, 0.1) is 0 Å². The van der Waals surface area contributed by atoms with Crippen molar-refractivity contribution in [1.29, 1.82) is 0 Å². The highest BCUT2D eigenvalue weighted by Crippen LogP contribution is 2.33. The average molecular weight is 324 g/mol. The van der Waals surface area contributed by atoms with E-state index in [1.165, 1.54) is 0 Å². The van der Waals surface area contributed by atoms with Crippen LogP contribution in [0, 0.1) is 11.8 Å². The first-order chi connectivity index (χ1) is 10.8. The van der Waals surface area contributed by atoms with Crippen LogP contribution in [0.25, 0.3) is 0 Å². The summed E-state index contributed by atoms with van der Waals surface area (Å²) in [5.41, 5.74) is 0. The highest BCUT2D eigenvalue weighted by atomic mass is 32.2. The first kappa shape index (κ1) is 16.2. The van der Waals surface area contributed by atoms with Crippen molar-refractivity contribution < 1.29 is 9.59 Å². The normalized spacial score (nSPS) is 30.3. The fraction of sp³-hybridized carbons (Fsp3) is 0.882. The standard InChI is InChI=1S/C17H28N2O2S/c20-16(18-13-7-11-22-12-8-13)14-5-1-2-6-15(14)17(21)19-9-3-4-10-19/h13-15H,1-12H2,(H,18,20). The summed E-state index contributed by atoms with van der Waals surface area (Å²) >= 11 is 1.97. The third-order valence-corrected chi connectivity index (χ3v) is 6.45. The average Bonchev–Trinajstić information content (AvgIpc) is 3.09. The molecular formula is C17H28N2O2S.